The molecule has 0 radical (unpaired) electrons. The first-order chi connectivity index (χ1) is 8.22. The van der Waals surface area contributed by atoms with E-state index in [0.29, 0.717) is 12.1 Å². The van der Waals surface area contributed by atoms with E-state index in [1.165, 1.54) is 6.07 Å². The summed E-state index contributed by atoms with van der Waals surface area (Å²) in [7, 11) is 1.81. The fraction of sp³-hybridized carbons (Fsp3) is 0.154. The second-order valence-corrected chi connectivity index (χ2v) is 3.66. The predicted octanol–water partition coefficient (Wildman–Crippen LogP) is 2.75. The van der Waals surface area contributed by atoms with Gasteiger partial charge in [-0.05, 0) is 30.8 Å². The maximum Gasteiger partial charge on any atom is 0.159 e. The summed E-state index contributed by atoms with van der Waals surface area (Å²) < 4.78 is 26.0. The van der Waals surface area contributed by atoms with Gasteiger partial charge in [0.15, 0.2) is 11.6 Å². The molecule has 0 aliphatic carbocycles. The third-order valence-electron chi connectivity index (χ3n) is 2.47. The van der Waals surface area contributed by atoms with Crippen molar-refractivity contribution < 1.29 is 8.78 Å². The van der Waals surface area contributed by atoms with Gasteiger partial charge in [0, 0.05) is 18.3 Å². The van der Waals surface area contributed by atoms with Gasteiger partial charge in [-0.3, -0.25) is 4.98 Å². The summed E-state index contributed by atoms with van der Waals surface area (Å²) in [5.74, 6) is -1.69. The molecular formula is C13H12F2N2. The van der Waals surface area contributed by atoms with E-state index in [1.807, 2.05) is 13.1 Å². The van der Waals surface area contributed by atoms with Gasteiger partial charge in [-0.25, -0.2) is 8.78 Å². The molecule has 0 aliphatic heterocycles. The standard InChI is InChI=1S/C13H12F2N2/c1-16-8-13-10(3-2-6-17-13)9-4-5-11(14)12(15)7-9/h2-7,16H,8H2,1H3. The van der Waals surface area contributed by atoms with E-state index in [1.54, 1.807) is 18.3 Å². The maximum absolute atomic E-state index is 13.2. The lowest BCUT2D eigenvalue weighted by molar-refractivity contribution is 0.509. The lowest BCUT2D eigenvalue weighted by Crippen LogP contribution is -2.08. The Morgan fingerprint density at radius 3 is 2.71 bits per heavy atom. The van der Waals surface area contributed by atoms with Crippen LogP contribution in [0.25, 0.3) is 11.1 Å². The van der Waals surface area contributed by atoms with Crippen molar-refractivity contribution in [2.75, 3.05) is 7.05 Å². The number of hydrogen-bond acceptors (Lipinski definition) is 2. The van der Waals surface area contributed by atoms with E-state index in [4.69, 9.17) is 0 Å². The van der Waals surface area contributed by atoms with Crippen LogP contribution in [0, 0.1) is 11.6 Å². The van der Waals surface area contributed by atoms with E-state index in [0.717, 1.165) is 17.3 Å². The first-order valence-corrected chi connectivity index (χ1v) is 5.26. The van der Waals surface area contributed by atoms with Crippen LogP contribution in [0.1, 0.15) is 5.69 Å². The average molecular weight is 234 g/mol. The molecule has 1 heterocycles. The first kappa shape index (κ1) is 11.7. The average Bonchev–Trinajstić information content (AvgIpc) is 2.34. The fourth-order valence-electron chi connectivity index (χ4n) is 1.67. The number of nitrogens with zero attached hydrogens (tertiary/aromatic N) is 1. The Kier molecular flexibility index (Phi) is 3.44. The minimum Gasteiger partial charge on any atom is -0.314 e. The molecule has 0 spiro atoms. The Balaban J connectivity index is 2.48. The summed E-state index contributed by atoms with van der Waals surface area (Å²) >= 11 is 0. The van der Waals surface area contributed by atoms with Crippen LogP contribution in [0.2, 0.25) is 0 Å². The van der Waals surface area contributed by atoms with Gasteiger partial charge in [-0.15, -0.1) is 0 Å². The van der Waals surface area contributed by atoms with Gasteiger partial charge < -0.3 is 5.32 Å². The zero-order valence-electron chi connectivity index (χ0n) is 9.37. The molecule has 0 saturated heterocycles. The van der Waals surface area contributed by atoms with E-state index in [2.05, 4.69) is 10.3 Å². The topological polar surface area (TPSA) is 24.9 Å². The molecule has 0 saturated carbocycles. The molecule has 17 heavy (non-hydrogen) atoms. The number of nitrogens with one attached hydrogen (secondary N) is 1. The molecule has 4 heteroatoms. The van der Waals surface area contributed by atoms with E-state index >= 15 is 0 Å². The number of rotatable bonds is 3. The number of hydrogen-bond donors (Lipinski definition) is 1. The van der Waals surface area contributed by atoms with Gasteiger partial charge in [0.05, 0.1) is 5.69 Å². The lowest BCUT2D eigenvalue weighted by Gasteiger charge is -2.08. The molecular weight excluding hydrogens is 222 g/mol. The Morgan fingerprint density at radius 1 is 1.18 bits per heavy atom. The van der Waals surface area contributed by atoms with Crippen LogP contribution in [0.3, 0.4) is 0 Å². The van der Waals surface area contributed by atoms with Crippen molar-refractivity contribution in [1.29, 1.82) is 0 Å². The molecule has 0 fully saturated rings. The second-order valence-electron chi connectivity index (χ2n) is 3.66. The van der Waals surface area contributed by atoms with E-state index < -0.39 is 11.6 Å². The van der Waals surface area contributed by atoms with Crippen molar-refractivity contribution in [3.05, 3.63) is 53.9 Å². The van der Waals surface area contributed by atoms with Crippen LogP contribution < -0.4 is 5.32 Å². The van der Waals surface area contributed by atoms with Gasteiger partial charge in [0.1, 0.15) is 0 Å². The summed E-state index contributed by atoms with van der Waals surface area (Å²) in [6.07, 6.45) is 1.68. The SMILES string of the molecule is CNCc1ncccc1-c1ccc(F)c(F)c1. The van der Waals surface area contributed by atoms with Crippen LogP contribution in [-0.2, 0) is 6.54 Å². The number of benzene rings is 1. The summed E-state index contributed by atoms with van der Waals surface area (Å²) in [5.41, 5.74) is 2.24. The molecule has 0 atom stereocenters. The second kappa shape index (κ2) is 5.01. The van der Waals surface area contributed by atoms with E-state index in [9.17, 15) is 8.78 Å². The van der Waals surface area contributed by atoms with Gasteiger partial charge >= 0.3 is 0 Å². The zero-order chi connectivity index (χ0) is 12.3. The highest BCUT2D eigenvalue weighted by atomic mass is 19.2. The van der Waals surface area contributed by atoms with E-state index in [-0.39, 0.29) is 0 Å². The van der Waals surface area contributed by atoms with Gasteiger partial charge in [-0.1, -0.05) is 12.1 Å². The zero-order valence-corrected chi connectivity index (χ0v) is 9.37. The Morgan fingerprint density at radius 2 is 2.00 bits per heavy atom. The number of pyridine rings is 1. The molecule has 0 unspecified atom stereocenters. The molecule has 88 valence electrons. The molecule has 2 nitrogen and oxygen atoms in total. The first-order valence-electron chi connectivity index (χ1n) is 5.26. The quantitative estimate of drug-likeness (QED) is 0.883. The van der Waals surface area contributed by atoms with Crippen molar-refractivity contribution in [1.82, 2.24) is 10.3 Å². The molecule has 1 N–H and O–H groups in total. The minimum atomic E-state index is -0.846. The Bertz CT molecular complexity index is 527. The van der Waals surface area contributed by atoms with Gasteiger partial charge in [0.25, 0.3) is 0 Å². The van der Waals surface area contributed by atoms with Crippen LogP contribution in [-0.4, -0.2) is 12.0 Å². The molecule has 0 amide bonds. The number of halogens is 2. The van der Waals surface area contributed by atoms with Crippen LogP contribution >= 0.6 is 0 Å². The monoisotopic (exact) mass is 234 g/mol. The van der Waals surface area contributed by atoms with Crippen molar-refractivity contribution in [3.63, 3.8) is 0 Å². The summed E-state index contributed by atoms with van der Waals surface area (Å²) in [6, 6.07) is 7.48. The van der Waals surface area contributed by atoms with Crippen molar-refractivity contribution in [2.45, 2.75) is 6.54 Å². The highest BCUT2D eigenvalue weighted by Gasteiger charge is 2.08. The van der Waals surface area contributed by atoms with Gasteiger partial charge in [-0.2, -0.15) is 0 Å². The highest BCUT2D eigenvalue weighted by molar-refractivity contribution is 5.65. The molecule has 0 bridgehead atoms. The van der Waals surface area contributed by atoms with Crippen LogP contribution in [0.5, 0.6) is 0 Å². The predicted molar refractivity (Wildman–Crippen MR) is 62.4 cm³/mol. The third kappa shape index (κ3) is 2.47. The Labute approximate surface area is 98.3 Å². The summed E-state index contributed by atoms with van der Waals surface area (Å²) in [4.78, 5) is 4.22. The molecule has 2 rings (SSSR count). The van der Waals surface area contributed by atoms with Crippen LogP contribution in [0.15, 0.2) is 36.5 Å². The fourth-order valence-corrected chi connectivity index (χ4v) is 1.67. The smallest absolute Gasteiger partial charge is 0.159 e. The lowest BCUT2D eigenvalue weighted by atomic mass is 10.0. The molecule has 0 aliphatic rings. The largest absolute Gasteiger partial charge is 0.314 e. The molecule has 1 aromatic heterocycles. The van der Waals surface area contributed by atoms with Gasteiger partial charge in [0.2, 0.25) is 0 Å². The normalized spacial score (nSPS) is 10.5. The highest BCUT2D eigenvalue weighted by Crippen LogP contribution is 2.23. The van der Waals surface area contributed by atoms with Crippen molar-refractivity contribution >= 4 is 0 Å². The summed E-state index contributed by atoms with van der Waals surface area (Å²) in [6.45, 7) is 0.579. The Hall–Kier alpha value is -1.81. The number of aromatic nitrogens is 1. The van der Waals surface area contributed by atoms with Crippen molar-refractivity contribution in [2.24, 2.45) is 0 Å². The summed E-state index contributed by atoms with van der Waals surface area (Å²) in [5, 5.41) is 2.99. The van der Waals surface area contributed by atoms with Crippen LogP contribution in [0.4, 0.5) is 8.78 Å². The maximum atomic E-state index is 13.2. The minimum absolute atomic E-state index is 0.579. The third-order valence-corrected chi connectivity index (χ3v) is 2.47. The molecule has 2 aromatic rings. The van der Waals surface area contributed by atoms with Crippen molar-refractivity contribution in [3.8, 4) is 11.1 Å². The molecule has 1 aromatic carbocycles.